The van der Waals surface area contributed by atoms with Crippen LogP contribution in [0, 0.1) is 0 Å². The maximum absolute atomic E-state index is 2.31. The van der Waals surface area contributed by atoms with Gasteiger partial charge in [-0.15, -0.1) is 0 Å². The Morgan fingerprint density at radius 3 is 0.921 bits per heavy atom. The first-order valence-corrected chi connectivity index (χ1v) is 13.2. The van der Waals surface area contributed by atoms with Crippen molar-refractivity contribution in [3.8, 4) is 0 Å². The van der Waals surface area contributed by atoms with Crippen LogP contribution in [0.1, 0.15) is 48.9 Å². The Balaban J connectivity index is -0.000000275. The zero-order valence-electron chi connectivity index (χ0n) is 25.7. The van der Waals surface area contributed by atoms with E-state index in [-0.39, 0.29) is 49.6 Å². The second kappa shape index (κ2) is 22.2. The van der Waals surface area contributed by atoms with Gasteiger partial charge in [-0.25, -0.2) is 0 Å². The second-order valence-corrected chi connectivity index (χ2v) is 12.0. The van der Waals surface area contributed by atoms with Gasteiger partial charge in [0.05, 0.1) is 69.5 Å². The van der Waals surface area contributed by atoms with Gasteiger partial charge in [0.15, 0.2) is 0 Å². The predicted molar refractivity (Wildman–Crippen MR) is 148 cm³/mol. The van der Waals surface area contributed by atoms with Crippen LogP contribution in [0.25, 0.3) is 0 Å². The number of benzene rings is 2. The molecule has 0 unspecified atom stereocenters. The first-order chi connectivity index (χ1) is 15.9. The zero-order valence-corrected chi connectivity index (χ0v) is 28.7. The van der Waals surface area contributed by atoms with Crippen molar-refractivity contribution in [3.63, 3.8) is 0 Å². The van der Waals surface area contributed by atoms with Crippen LogP contribution >= 0.6 is 0 Å². The summed E-state index contributed by atoms with van der Waals surface area (Å²) in [6, 6.07) is 18.2. The molecular weight excluding hydrogens is 558 g/mol. The molecule has 0 heterocycles. The maximum Gasteiger partial charge on any atom is 0.104 e. The van der Waals surface area contributed by atoms with Gasteiger partial charge in [0.1, 0.15) is 26.2 Å². The van der Waals surface area contributed by atoms with Crippen molar-refractivity contribution in [1.82, 2.24) is 0 Å². The fraction of sp³-hybridized carbons (Fsp3) is 0.600. The molecule has 8 heteroatoms. The van der Waals surface area contributed by atoms with E-state index in [1.165, 1.54) is 58.0 Å². The van der Waals surface area contributed by atoms with Gasteiger partial charge < -0.3 is 68.4 Å². The Bertz CT molecular complexity index is 739. The molecule has 38 heavy (non-hydrogen) atoms. The zero-order chi connectivity index (χ0) is 25.8. The van der Waals surface area contributed by atoms with E-state index >= 15 is 0 Å². The molecular formula is C30H56Cl4N4. The molecule has 0 fully saturated rings. The molecule has 0 spiro atoms. The molecule has 0 radical (unpaired) electrons. The number of hydrogen-bond donors (Lipinski definition) is 2. The van der Waals surface area contributed by atoms with Crippen LogP contribution in [0.5, 0.6) is 0 Å². The summed E-state index contributed by atoms with van der Waals surface area (Å²) in [5, 5.41) is 0. The van der Waals surface area contributed by atoms with E-state index in [0.29, 0.717) is 0 Å². The van der Waals surface area contributed by atoms with Gasteiger partial charge in [-0.3, -0.25) is 0 Å². The molecule has 0 amide bonds. The van der Waals surface area contributed by atoms with Crippen molar-refractivity contribution in [1.29, 1.82) is 0 Å². The van der Waals surface area contributed by atoms with Gasteiger partial charge in [0, 0.05) is 22.3 Å². The Hall–Kier alpha value is -0.560. The van der Waals surface area contributed by atoms with Gasteiger partial charge in [-0.05, 0) is 12.8 Å². The number of nitrogens with zero attached hydrogens (tertiary/aromatic N) is 2. The van der Waals surface area contributed by atoms with Crippen molar-refractivity contribution >= 4 is 0 Å². The summed E-state index contributed by atoms with van der Waals surface area (Å²) in [6.07, 6.45) is 2.49. The number of hydrogen-bond acceptors (Lipinski definition) is 0. The SMILES string of the molecule is CCC[N+](C)(C)Cc1ccc(C[NH+](C)C)cc1.CCC[N+](C)(C)Cc1ccc(C[NH+](C)C)cc1.[Cl-].[Cl-].[Cl-].[Cl-]. The molecule has 0 aliphatic rings. The Morgan fingerprint density at radius 1 is 0.474 bits per heavy atom. The molecule has 0 aliphatic heterocycles. The number of rotatable bonds is 12. The quantitative estimate of drug-likeness (QED) is 0.220. The summed E-state index contributed by atoms with van der Waals surface area (Å²) < 4.78 is 2.16. The minimum absolute atomic E-state index is 0. The Labute approximate surface area is 260 Å². The van der Waals surface area contributed by atoms with Crippen LogP contribution < -0.4 is 59.4 Å². The van der Waals surface area contributed by atoms with E-state index in [9.17, 15) is 0 Å². The molecule has 0 saturated heterocycles. The summed E-state index contributed by atoms with van der Waals surface area (Å²) in [6.45, 7) is 11.5. The molecule has 2 aromatic rings. The van der Waals surface area contributed by atoms with Crippen molar-refractivity contribution in [2.75, 3.05) is 69.5 Å². The van der Waals surface area contributed by atoms with Crippen molar-refractivity contribution in [2.24, 2.45) is 0 Å². The van der Waals surface area contributed by atoms with Crippen molar-refractivity contribution in [3.05, 3.63) is 70.8 Å². The third-order valence-electron chi connectivity index (χ3n) is 6.04. The van der Waals surface area contributed by atoms with Crippen molar-refractivity contribution < 1.29 is 68.4 Å². The summed E-state index contributed by atoms with van der Waals surface area (Å²) in [5.41, 5.74) is 5.74. The van der Waals surface area contributed by atoms with E-state index in [4.69, 9.17) is 0 Å². The smallest absolute Gasteiger partial charge is 0.104 e. The molecule has 0 atom stereocenters. The standard InChI is InChI=1S/2C15H27N2.4ClH/c2*1-6-11-17(4,5)13-15-9-7-14(8-10-15)12-16(2)3;;;;/h2*7-10H,6,11-13H2,1-5H3;4*1H/q2*+1;;;;/p-2. The molecule has 0 aliphatic carbocycles. The minimum Gasteiger partial charge on any atom is -1.00 e. The minimum atomic E-state index is 0. The first-order valence-electron chi connectivity index (χ1n) is 13.2. The number of quaternary nitrogens is 4. The van der Waals surface area contributed by atoms with Gasteiger partial charge in [0.25, 0.3) is 0 Å². The molecule has 4 nitrogen and oxygen atoms in total. The Kier molecular flexibility index (Phi) is 25.9. The lowest BCUT2D eigenvalue weighted by atomic mass is 10.1. The molecule has 2 rings (SSSR count). The molecule has 0 saturated carbocycles. The lowest BCUT2D eigenvalue weighted by molar-refractivity contribution is -0.903. The first kappa shape index (κ1) is 44.5. The Morgan fingerprint density at radius 2 is 0.711 bits per heavy atom. The normalized spacial score (nSPS) is 10.8. The lowest BCUT2D eigenvalue weighted by Crippen LogP contribution is -3.04. The van der Waals surface area contributed by atoms with E-state index in [1.807, 2.05) is 0 Å². The van der Waals surface area contributed by atoms with E-state index in [0.717, 1.165) is 35.1 Å². The van der Waals surface area contributed by atoms with Gasteiger partial charge in [0.2, 0.25) is 0 Å². The van der Waals surface area contributed by atoms with E-state index in [1.54, 1.807) is 0 Å². The summed E-state index contributed by atoms with van der Waals surface area (Å²) in [4.78, 5) is 2.94. The van der Waals surface area contributed by atoms with Crippen LogP contribution in [-0.4, -0.2) is 78.4 Å². The third kappa shape index (κ3) is 20.4. The average Bonchev–Trinajstić information content (AvgIpc) is 2.70. The highest BCUT2D eigenvalue weighted by Gasteiger charge is 2.15. The fourth-order valence-corrected chi connectivity index (χ4v) is 4.70. The third-order valence-corrected chi connectivity index (χ3v) is 6.04. The predicted octanol–water partition coefficient (Wildman–Crippen LogP) is -9.35. The average molecular weight is 615 g/mol. The lowest BCUT2D eigenvalue weighted by Gasteiger charge is -2.29. The number of halogens is 4. The highest BCUT2D eigenvalue weighted by Crippen LogP contribution is 2.12. The molecule has 2 aromatic carbocycles. The van der Waals surface area contributed by atoms with Crippen LogP contribution in [0.3, 0.4) is 0 Å². The van der Waals surface area contributed by atoms with Gasteiger partial charge >= 0.3 is 0 Å². The second-order valence-electron chi connectivity index (χ2n) is 12.0. The summed E-state index contributed by atoms with van der Waals surface area (Å²) in [5.74, 6) is 0. The highest BCUT2D eigenvalue weighted by molar-refractivity contribution is 5.22. The van der Waals surface area contributed by atoms with Crippen LogP contribution in [0.2, 0.25) is 0 Å². The largest absolute Gasteiger partial charge is 1.00 e. The van der Waals surface area contributed by atoms with Crippen LogP contribution in [0.4, 0.5) is 0 Å². The van der Waals surface area contributed by atoms with Crippen LogP contribution in [-0.2, 0) is 26.2 Å². The van der Waals surface area contributed by atoms with Crippen LogP contribution in [0.15, 0.2) is 48.5 Å². The summed E-state index contributed by atoms with van der Waals surface area (Å²) in [7, 11) is 18.0. The maximum atomic E-state index is 2.31. The number of nitrogens with one attached hydrogen (secondary N) is 2. The topological polar surface area (TPSA) is 8.88 Å². The molecule has 2 N–H and O–H groups in total. The molecule has 0 aromatic heterocycles. The van der Waals surface area contributed by atoms with E-state index in [2.05, 4.69) is 119 Å². The monoisotopic (exact) mass is 612 g/mol. The van der Waals surface area contributed by atoms with E-state index < -0.39 is 0 Å². The van der Waals surface area contributed by atoms with Gasteiger partial charge in [-0.2, -0.15) is 0 Å². The molecule has 0 bridgehead atoms. The highest BCUT2D eigenvalue weighted by atomic mass is 35.5. The van der Waals surface area contributed by atoms with Gasteiger partial charge in [-0.1, -0.05) is 62.4 Å². The van der Waals surface area contributed by atoms with Crippen molar-refractivity contribution in [2.45, 2.75) is 52.9 Å². The fourth-order valence-electron chi connectivity index (χ4n) is 4.70. The molecule has 224 valence electrons. The summed E-state index contributed by atoms with van der Waals surface area (Å²) >= 11 is 0.